The molecule has 37 heavy (non-hydrogen) atoms. The van der Waals surface area contributed by atoms with Crippen molar-refractivity contribution < 1.29 is 36.2 Å². The minimum absolute atomic E-state index is 0.0378. The van der Waals surface area contributed by atoms with Crippen molar-refractivity contribution in [2.24, 2.45) is 0 Å². The molecule has 0 spiro atoms. The van der Waals surface area contributed by atoms with Crippen LogP contribution in [-0.4, -0.2) is 30.1 Å². The van der Waals surface area contributed by atoms with Crippen LogP contribution in [0.15, 0.2) is 59.0 Å². The summed E-state index contributed by atoms with van der Waals surface area (Å²) >= 11 is 0. The van der Waals surface area contributed by atoms with Gasteiger partial charge in [-0.2, -0.15) is 21.6 Å². The highest BCUT2D eigenvalue weighted by molar-refractivity contribution is 7.92. The summed E-state index contributed by atoms with van der Waals surface area (Å²) in [6, 6.07) is 7.29. The Balaban J connectivity index is 1.92. The van der Waals surface area contributed by atoms with Gasteiger partial charge >= 0.3 is 12.1 Å². The number of aliphatic hydroxyl groups excluding tert-OH is 1. The Morgan fingerprint density at radius 2 is 1.81 bits per heavy atom. The predicted molar refractivity (Wildman–Crippen MR) is 132 cm³/mol. The molecule has 202 valence electrons. The van der Waals surface area contributed by atoms with Gasteiger partial charge in [-0.05, 0) is 49.1 Å². The second-order valence-corrected chi connectivity index (χ2v) is 10.8. The van der Waals surface area contributed by atoms with E-state index in [2.05, 4.69) is 9.71 Å². The van der Waals surface area contributed by atoms with Gasteiger partial charge in [0.2, 0.25) is 0 Å². The fourth-order valence-corrected chi connectivity index (χ4v) is 5.85. The Kier molecular flexibility index (Phi) is 8.56. The summed E-state index contributed by atoms with van der Waals surface area (Å²) in [5.41, 5.74) is -1.14. The molecule has 1 atom stereocenters. The minimum atomic E-state index is -4.72. The predicted octanol–water partition coefficient (Wildman–Crippen LogP) is 6.49. The number of cyclic esters (lactones) is 1. The van der Waals surface area contributed by atoms with Gasteiger partial charge in [0, 0.05) is 24.2 Å². The van der Waals surface area contributed by atoms with E-state index >= 15 is 0 Å². The molecular weight excluding hydrogens is 509 g/mol. The molecule has 2 N–H and O–H groups in total. The largest absolute Gasteiger partial charge is 0.512 e. The maximum absolute atomic E-state index is 13.1. The summed E-state index contributed by atoms with van der Waals surface area (Å²) in [4.78, 5) is 16.7. The van der Waals surface area contributed by atoms with E-state index in [1.165, 1.54) is 12.1 Å². The van der Waals surface area contributed by atoms with Crippen molar-refractivity contribution >= 4 is 21.7 Å². The van der Waals surface area contributed by atoms with Crippen molar-refractivity contribution in [1.82, 2.24) is 4.98 Å². The topological polar surface area (TPSA) is 106 Å². The van der Waals surface area contributed by atoms with Gasteiger partial charge in [-0.15, -0.1) is 0 Å². The van der Waals surface area contributed by atoms with Gasteiger partial charge < -0.3 is 9.84 Å². The fourth-order valence-electron chi connectivity index (χ4n) is 4.83. The number of benzene rings is 1. The van der Waals surface area contributed by atoms with Crippen LogP contribution in [0.4, 0.5) is 18.9 Å². The van der Waals surface area contributed by atoms with Crippen molar-refractivity contribution in [3.05, 3.63) is 65.1 Å². The minimum Gasteiger partial charge on any atom is -0.512 e. The summed E-state index contributed by atoms with van der Waals surface area (Å²) in [5.74, 6) is -1.22. The van der Waals surface area contributed by atoms with E-state index in [0.29, 0.717) is 37.0 Å². The smallest absolute Gasteiger partial charge is 0.416 e. The van der Waals surface area contributed by atoms with Crippen LogP contribution in [0.2, 0.25) is 0 Å². The first-order chi connectivity index (χ1) is 17.4. The van der Waals surface area contributed by atoms with Crippen LogP contribution in [0.1, 0.15) is 76.3 Å². The standard InChI is InChI=1S/C26H31F3N2O5S/c1-4-11-25(12-5-2)16-21(32)23(24(33)36-25)20(6-3)17-8-7-9-19(14-17)31-37(34,35)22-15-18(10-13-30-22)26(27,28)29/h7-10,13-15,20,31-32H,4-6,11-12,16H2,1-3H3/t20-/m0/s1. The van der Waals surface area contributed by atoms with Crippen molar-refractivity contribution in [3.63, 3.8) is 0 Å². The first-order valence-electron chi connectivity index (χ1n) is 12.2. The second kappa shape index (κ2) is 11.1. The Hall–Kier alpha value is -3.08. The average Bonchev–Trinajstić information content (AvgIpc) is 2.81. The van der Waals surface area contributed by atoms with E-state index in [1.54, 1.807) is 12.1 Å². The number of anilines is 1. The number of carbonyl (C=O) groups is 1. The normalized spacial score (nSPS) is 16.9. The molecule has 0 fully saturated rings. The lowest BCUT2D eigenvalue weighted by molar-refractivity contribution is -0.161. The van der Waals surface area contributed by atoms with Crippen LogP contribution in [-0.2, 0) is 25.7 Å². The number of aliphatic hydroxyl groups is 1. The number of pyridine rings is 1. The lowest BCUT2D eigenvalue weighted by Gasteiger charge is -2.38. The summed E-state index contributed by atoms with van der Waals surface area (Å²) in [6.07, 6.45) is -0.497. The Bertz CT molecular complexity index is 1270. The highest BCUT2D eigenvalue weighted by atomic mass is 32.2. The zero-order chi connectivity index (χ0) is 27.4. The highest BCUT2D eigenvalue weighted by Crippen LogP contribution is 2.42. The van der Waals surface area contributed by atoms with Crippen LogP contribution < -0.4 is 4.72 Å². The SMILES string of the molecule is CCCC1(CCC)CC(O)=C([C@@H](CC)c2cccc(NS(=O)(=O)c3cc(C(F)(F)F)ccn3)c2)C(=O)O1. The Morgan fingerprint density at radius 1 is 1.14 bits per heavy atom. The van der Waals surface area contributed by atoms with Gasteiger partial charge in [0.15, 0.2) is 5.03 Å². The molecule has 11 heteroatoms. The monoisotopic (exact) mass is 540 g/mol. The van der Waals surface area contributed by atoms with Crippen LogP contribution in [0.5, 0.6) is 0 Å². The zero-order valence-electron chi connectivity index (χ0n) is 20.9. The van der Waals surface area contributed by atoms with Crippen LogP contribution in [0, 0.1) is 0 Å². The number of aromatic nitrogens is 1. The van der Waals surface area contributed by atoms with Gasteiger partial charge in [0.1, 0.15) is 11.4 Å². The van der Waals surface area contributed by atoms with Crippen LogP contribution in [0.3, 0.4) is 0 Å². The van der Waals surface area contributed by atoms with E-state index < -0.39 is 44.3 Å². The third kappa shape index (κ3) is 6.44. The van der Waals surface area contributed by atoms with E-state index in [9.17, 15) is 31.5 Å². The average molecular weight is 541 g/mol. The number of alkyl halides is 3. The van der Waals surface area contributed by atoms with Crippen molar-refractivity contribution in [3.8, 4) is 0 Å². The molecular formula is C26H31F3N2O5S. The third-order valence-corrected chi connectivity index (χ3v) is 7.65. The molecule has 0 radical (unpaired) electrons. The molecule has 0 saturated heterocycles. The summed E-state index contributed by atoms with van der Waals surface area (Å²) < 4.78 is 72.8. The van der Waals surface area contributed by atoms with Crippen LogP contribution in [0.25, 0.3) is 0 Å². The molecule has 0 aliphatic carbocycles. The van der Waals surface area contributed by atoms with E-state index in [0.717, 1.165) is 19.0 Å². The van der Waals surface area contributed by atoms with Crippen molar-refractivity contribution in [2.45, 2.75) is 82.0 Å². The molecule has 1 aromatic carbocycles. The maximum Gasteiger partial charge on any atom is 0.416 e. The van der Waals surface area contributed by atoms with Crippen LogP contribution >= 0.6 is 0 Å². The van der Waals surface area contributed by atoms with E-state index in [1.807, 2.05) is 20.8 Å². The fraction of sp³-hybridized carbons (Fsp3) is 0.462. The van der Waals surface area contributed by atoms with Gasteiger partial charge in [-0.25, -0.2) is 9.78 Å². The first-order valence-corrected chi connectivity index (χ1v) is 13.7. The number of sulfonamides is 1. The number of nitrogens with zero attached hydrogens (tertiary/aromatic N) is 1. The quantitative estimate of drug-likeness (QED) is 0.334. The molecule has 0 bridgehead atoms. The number of nitrogens with one attached hydrogen (secondary N) is 1. The lowest BCUT2D eigenvalue weighted by atomic mass is 9.80. The molecule has 2 aromatic rings. The third-order valence-electron chi connectivity index (χ3n) is 6.38. The molecule has 0 amide bonds. The Morgan fingerprint density at radius 3 is 2.38 bits per heavy atom. The maximum atomic E-state index is 13.1. The lowest BCUT2D eigenvalue weighted by Crippen LogP contribution is -2.41. The number of carbonyl (C=O) groups excluding carboxylic acids is 1. The number of hydrogen-bond donors (Lipinski definition) is 2. The molecule has 1 aromatic heterocycles. The first kappa shape index (κ1) is 28.5. The van der Waals surface area contributed by atoms with Gasteiger partial charge in [-0.3, -0.25) is 4.72 Å². The molecule has 3 rings (SSSR count). The zero-order valence-corrected chi connectivity index (χ0v) is 21.7. The van der Waals surface area contributed by atoms with E-state index in [4.69, 9.17) is 4.74 Å². The second-order valence-electron chi connectivity index (χ2n) is 9.18. The number of rotatable bonds is 10. The van der Waals surface area contributed by atoms with Crippen molar-refractivity contribution in [1.29, 1.82) is 0 Å². The number of ether oxygens (including phenoxy) is 1. The molecule has 0 unspecified atom stereocenters. The number of esters is 1. The van der Waals surface area contributed by atoms with Gasteiger partial charge in [0.25, 0.3) is 10.0 Å². The highest BCUT2D eigenvalue weighted by Gasteiger charge is 2.42. The summed E-state index contributed by atoms with van der Waals surface area (Å²) in [7, 11) is -4.43. The van der Waals surface area contributed by atoms with Gasteiger partial charge in [0.05, 0.1) is 11.1 Å². The Labute approximate surface area is 214 Å². The molecule has 1 aliphatic heterocycles. The van der Waals surface area contributed by atoms with Gasteiger partial charge in [-0.1, -0.05) is 45.7 Å². The number of halogens is 3. The number of hydrogen-bond acceptors (Lipinski definition) is 6. The van der Waals surface area contributed by atoms with Crippen molar-refractivity contribution in [2.75, 3.05) is 4.72 Å². The molecule has 1 aliphatic rings. The molecule has 7 nitrogen and oxygen atoms in total. The molecule has 2 heterocycles. The molecule has 0 saturated carbocycles. The van der Waals surface area contributed by atoms with E-state index in [-0.39, 0.29) is 23.4 Å². The summed E-state index contributed by atoms with van der Waals surface area (Å²) in [6.45, 7) is 5.79. The summed E-state index contributed by atoms with van der Waals surface area (Å²) in [5, 5.41) is 10.2.